The average molecular weight is 454 g/mol. The molecule has 2 rings (SSSR count). The Morgan fingerprint density at radius 1 is 1.22 bits per heavy atom. The van der Waals surface area contributed by atoms with E-state index in [1.807, 2.05) is 0 Å². The first kappa shape index (κ1) is 25.4. The zero-order valence-electron chi connectivity index (χ0n) is 18.1. The predicted octanol–water partition coefficient (Wildman–Crippen LogP) is 2.52. The summed E-state index contributed by atoms with van der Waals surface area (Å²) in [4.78, 5) is 30.9. The number of nitrogens with zero attached hydrogens (tertiary/aromatic N) is 2. The van der Waals surface area contributed by atoms with Crippen LogP contribution >= 0.6 is 0 Å². The second-order valence-electron chi connectivity index (χ2n) is 7.61. The maximum Gasteiger partial charge on any atom is 0.431 e. The van der Waals surface area contributed by atoms with Crippen molar-refractivity contribution in [2.45, 2.75) is 32.4 Å². The molecule has 1 unspecified atom stereocenters. The molecule has 0 aliphatic carbocycles. The van der Waals surface area contributed by atoms with Crippen LogP contribution in [-0.2, 0) is 9.59 Å². The smallest absolute Gasteiger partial charge is 0.394 e. The first-order valence-electron chi connectivity index (χ1n) is 10.7. The number of carbonyl (C=O) groups excluding carboxylic acids is 2. The minimum absolute atomic E-state index is 0.0379. The number of hydrogen-bond acceptors (Lipinski definition) is 5. The lowest BCUT2D eigenvalue weighted by Gasteiger charge is -2.31. The van der Waals surface area contributed by atoms with Crippen molar-refractivity contribution in [2.24, 2.45) is 16.6 Å². The lowest BCUT2D eigenvalue weighted by molar-refractivity contribution is -0.127. The van der Waals surface area contributed by atoms with Gasteiger partial charge in [0.1, 0.15) is 5.70 Å². The van der Waals surface area contributed by atoms with Crippen molar-refractivity contribution in [3.8, 4) is 0 Å². The first-order valence-corrected chi connectivity index (χ1v) is 10.7. The Labute approximate surface area is 185 Å². The van der Waals surface area contributed by atoms with Gasteiger partial charge in [0.25, 0.3) is 5.91 Å². The number of piperidine rings is 1. The van der Waals surface area contributed by atoms with Crippen molar-refractivity contribution < 1.29 is 22.8 Å². The van der Waals surface area contributed by atoms with E-state index >= 15 is 0 Å². The van der Waals surface area contributed by atoms with Crippen molar-refractivity contribution in [3.63, 3.8) is 0 Å². The molecule has 2 amide bonds. The summed E-state index contributed by atoms with van der Waals surface area (Å²) < 4.78 is 39.3. The molecule has 1 fully saturated rings. The Morgan fingerprint density at radius 3 is 2.56 bits per heavy atom. The van der Waals surface area contributed by atoms with Gasteiger partial charge in [-0.1, -0.05) is 25.1 Å². The van der Waals surface area contributed by atoms with Crippen molar-refractivity contribution in [1.82, 2.24) is 15.5 Å². The number of rotatable bonds is 9. The molecule has 1 aliphatic rings. The Hall–Kier alpha value is -2.88. The summed E-state index contributed by atoms with van der Waals surface area (Å²) in [7, 11) is 0. The average Bonchev–Trinajstić information content (AvgIpc) is 2.77. The number of aliphatic imine (C=N–C) groups is 1. The van der Waals surface area contributed by atoms with Gasteiger partial charge in [0.2, 0.25) is 5.91 Å². The number of likely N-dealkylation sites (tertiary alicyclic amines) is 1. The first-order chi connectivity index (χ1) is 15.2. The molecule has 4 N–H and O–H groups in total. The van der Waals surface area contributed by atoms with Crippen molar-refractivity contribution in [2.75, 3.05) is 32.7 Å². The summed E-state index contributed by atoms with van der Waals surface area (Å²) in [6, 6.07) is 8.23. The van der Waals surface area contributed by atoms with Crippen LogP contribution < -0.4 is 16.4 Å². The Balaban J connectivity index is 1.91. The highest BCUT2D eigenvalue weighted by atomic mass is 19.4. The Kier molecular flexibility index (Phi) is 9.70. The van der Waals surface area contributed by atoms with Crippen LogP contribution in [0.5, 0.6) is 0 Å². The fourth-order valence-corrected chi connectivity index (χ4v) is 3.45. The molecule has 1 aromatic carbocycles. The maximum absolute atomic E-state index is 13.1. The molecular formula is C22H30F3N5O2. The molecular weight excluding hydrogens is 423 g/mol. The molecule has 176 valence electrons. The van der Waals surface area contributed by atoms with E-state index in [1.165, 1.54) is 0 Å². The third-order valence-corrected chi connectivity index (χ3v) is 5.07. The molecule has 10 heteroatoms. The number of halogens is 3. The van der Waals surface area contributed by atoms with Crippen LogP contribution in [0, 0.1) is 5.92 Å². The number of nitrogens with one attached hydrogen (secondary N) is 2. The van der Waals surface area contributed by atoms with Crippen LogP contribution in [0.4, 0.5) is 18.9 Å². The van der Waals surface area contributed by atoms with Crippen LogP contribution in [-0.4, -0.2) is 61.8 Å². The van der Waals surface area contributed by atoms with Crippen LogP contribution in [0.3, 0.4) is 0 Å². The van der Waals surface area contributed by atoms with E-state index in [1.54, 1.807) is 30.3 Å². The molecule has 1 saturated heterocycles. The number of alkyl halides is 3. The number of para-hydroxylation sites is 1. The number of carbonyl (C=O) groups is 2. The highest BCUT2D eigenvalue weighted by Crippen LogP contribution is 2.24. The Morgan fingerprint density at radius 2 is 1.91 bits per heavy atom. The van der Waals surface area contributed by atoms with Crippen molar-refractivity contribution >= 4 is 23.7 Å². The Bertz CT molecular complexity index is 823. The van der Waals surface area contributed by atoms with E-state index in [0.29, 0.717) is 12.2 Å². The number of nitrogens with two attached hydrogens (primary N) is 1. The normalized spacial score (nSPS) is 18.3. The molecule has 1 heterocycles. The quantitative estimate of drug-likeness (QED) is 0.304. The largest absolute Gasteiger partial charge is 0.431 e. The van der Waals surface area contributed by atoms with Gasteiger partial charge >= 0.3 is 6.18 Å². The number of allylic oxidation sites excluding steroid dienone is 1. The number of hydrogen-bond donors (Lipinski definition) is 3. The van der Waals surface area contributed by atoms with E-state index in [0.717, 1.165) is 38.6 Å². The molecule has 32 heavy (non-hydrogen) atoms. The third-order valence-electron chi connectivity index (χ3n) is 5.07. The molecule has 0 radical (unpaired) electrons. The highest BCUT2D eigenvalue weighted by molar-refractivity contribution is 6.13. The van der Waals surface area contributed by atoms with E-state index in [2.05, 4.69) is 27.4 Å². The van der Waals surface area contributed by atoms with Gasteiger partial charge in [0.15, 0.2) is 0 Å². The molecule has 0 saturated carbocycles. The molecule has 7 nitrogen and oxygen atoms in total. The predicted molar refractivity (Wildman–Crippen MR) is 117 cm³/mol. The molecule has 0 spiro atoms. The zero-order chi connectivity index (χ0) is 23.6. The second kappa shape index (κ2) is 12.2. The van der Waals surface area contributed by atoms with Gasteiger partial charge in [0, 0.05) is 25.8 Å². The van der Waals surface area contributed by atoms with Crippen LogP contribution in [0.25, 0.3) is 0 Å². The monoisotopic (exact) mass is 453 g/mol. The van der Waals surface area contributed by atoms with Crippen LogP contribution in [0.2, 0.25) is 0 Å². The summed E-state index contributed by atoms with van der Waals surface area (Å²) in [6.07, 6.45) is -1.32. The molecule has 1 aromatic rings. The van der Waals surface area contributed by atoms with Crippen molar-refractivity contribution in [1.29, 1.82) is 0 Å². The van der Waals surface area contributed by atoms with E-state index in [4.69, 9.17) is 5.73 Å². The molecule has 0 bridgehead atoms. The van der Waals surface area contributed by atoms with Gasteiger partial charge in [-0.2, -0.15) is 13.2 Å². The SMILES string of the molecule is CCCN1CCCC(C(=O)NCCNC(=O)C(C=Nc2ccccc2)=C(N)C(F)(F)F)C1. The lowest BCUT2D eigenvalue weighted by atomic mass is 9.97. The van der Waals surface area contributed by atoms with Gasteiger partial charge in [-0.15, -0.1) is 0 Å². The third kappa shape index (κ3) is 7.99. The summed E-state index contributed by atoms with van der Waals surface area (Å²) in [5.41, 5.74) is 3.24. The minimum atomic E-state index is -4.88. The molecule has 1 atom stereocenters. The van der Waals surface area contributed by atoms with Gasteiger partial charge in [-0.05, 0) is 44.5 Å². The summed E-state index contributed by atoms with van der Waals surface area (Å²) >= 11 is 0. The van der Waals surface area contributed by atoms with E-state index in [-0.39, 0.29) is 24.9 Å². The summed E-state index contributed by atoms with van der Waals surface area (Å²) in [6.45, 7) is 4.77. The van der Waals surface area contributed by atoms with Gasteiger partial charge in [-0.25, -0.2) is 0 Å². The fourth-order valence-electron chi connectivity index (χ4n) is 3.45. The zero-order valence-corrected chi connectivity index (χ0v) is 18.1. The lowest BCUT2D eigenvalue weighted by Crippen LogP contribution is -2.45. The summed E-state index contributed by atoms with van der Waals surface area (Å²) in [5.74, 6) is -1.25. The maximum atomic E-state index is 13.1. The van der Waals surface area contributed by atoms with Crippen LogP contribution in [0.1, 0.15) is 26.2 Å². The molecule has 0 aromatic heterocycles. The van der Waals surface area contributed by atoms with Crippen molar-refractivity contribution in [3.05, 3.63) is 41.6 Å². The minimum Gasteiger partial charge on any atom is -0.394 e. The number of benzene rings is 1. The molecule has 1 aliphatic heterocycles. The van der Waals surface area contributed by atoms with Gasteiger partial charge < -0.3 is 21.3 Å². The summed E-state index contributed by atoms with van der Waals surface area (Å²) in [5, 5.41) is 5.11. The number of amides is 2. The van der Waals surface area contributed by atoms with E-state index < -0.39 is 23.4 Å². The highest BCUT2D eigenvalue weighted by Gasteiger charge is 2.35. The van der Waals surface area contributed by atoms with Crippen LogP contribution in [0.15, 0.2) is 46.6 Å². The topological polar surface area (TPSA) is 99.8 Å². The second-order valence-corrected chi connectivity index (χ2v) is 7.61. The van der Waals surface area contributed by atoms with E-state index in [9.17, 15) is 22.8 Å². The standard InChI is InChI=1S/C22H30F3N5O2/c1-2-12-30-13-6-7-16(15-30)20(31)27-10-11-28-21(32)18(19(26)22(23,24)25)14-29-17-8-4-3-5-9-17/h3-5,8-9,14,16H,2,6-7,10-13,15,26H2,1H3,(H,27,31)(H,28,32). The fraction of sp³-hybridized carbons (Fsp3) is 0.500. The van der Waals surface area contributed by atoms with Gasteiger partial charge in [0.05, 0.1) is 17.2 Å². The van der Waals surface area contributed by atoms with Gasteiger partial charge in [-0.3, -0.25) is 14.6 Å².